The molecular formula is C12H8F3NO2. The number of hydrogen-bond donors (Lipinski definition) is 1. The fourth-order valence-electron chi connectivity index (χ4n) is 1.49. The van der Waals surface area contributed by atoms with E-state index in [0.29, 0.717) is 0 Å². The van der Waals surface area contributed by atoms with Gasteiger partial charge in [-0.1, -0.05) is 0 Å². The molecule has 18 heavy (non-hydrogen) atoms. The quantitative estimate of drug-likeness (QED) is 0.662. The van der Waals surface area contributed by atoms with Crippen LogP contribution in [0.4, 0.5) is 18.9 Å². The van der Waals surface area contributed by atoms with Crippen molar-refractivity contribution in [2.24, 2.45) is 0 Å². The van der Waals surface area contributed by atoms with Gasteiger partial charge in [-0.15, -0.1) is 0 Å². The molecule has 0 atom stereocenters. The number of rotatable bonds is 2. The van der Waals surface area contributed by atoms with Crippen molar-refractivity contribution in [1.82, 2.24) is 0 Å². The number of ketones is 1. The van der Waals surface area contributed by atoms with Crippen molar-refractivity contribution in [3.63, 3.8) is 0 Å². The van der Waals surface area contributed by atoms with Gasteiger partial charge < -0.3 is 10.2 Å². The van der Waals surface area contributed by atoms with Gasteiger partial charge in [0, 0.05) is 11.3 Å². The van der Waals surface area contributed by atoms with Gasteiger partial charge in [-0.25, -0.2) is 0 Å². The van der Waals surface area contributed by atoms with Crippen LogP contribution in [0.15, 0.2) is 41.0 Å². The maximum atomic E-state index is 12.4. The number of nitrogens with two attached hydrogens (primary N) is 1. The van der Waals surface area contributed by atoms with E-state index in [2.05, 4.69) is 0 Å². The molecule has 0 aliphatic carbocycles. The summed E-state index contributed by atoms with van der Waals surface area (Å²) in [4.78, 5) is 11.8. The van der Waals surface area contributed by atoms with Crippen molar-refractivity contribution < 1.29 is 22.4 Å². The van der Waals surface area contributed by atoms with E-state index in [-0.39, 0.29) is 17.0 Å². The molecule has 0 radical (unpaired) electrons. The molecule has 0 bridgehead atoms. The summed E-state index contributed by atoms with van der Waals surface area (Å²) in [6.07, 6.45) is -3.19. The number of benzene rings is 1. The van der Waals surface area contributed by atoms with Gasteiger partial charge in [-0.2, -0.15) is 13.2 Å². The van der Waals surface area contributed by atoms with E-state index in [0.717, 1.165) is 18.2 Å². The number of nitrogen functional groups attached to an aromatic ring is 1. The summed E-state index contributed by atoms with van der Waals surface area (Å²) >= 11 is 0. The van der Waals surface area contributed by atoms with Crippen LogP contribution >= 0.6 is 0 Å². The Labute approximate surface area is 100 Å². The van der Waals surface area contributed by atoms with Crippen molar-refractivity contribution in [2.75, 3.05) is 5.73 Å². The van der Waals surface area contributed by atoms with Crippen LogP contribution < -0.4 is 5.73 Å². The number of hydrogen-bond acceptors (Lipinski definition) is 3. The second-order valence-corrected chi connectivity index (χ2v) is 3.61. The molecule has 6 heteroatoms. The van der Waals surface area contributed by atoms with Gasteiger partial charge in [0.1, 0.15) is 0 Å². The van der Waals surface area contributed by atoms with Crippen molar-refractivity contribution in [3.8, 4) is 0 Å². The van der Waals surface area contributed by atoms with Gasteiger partial charge in [0.25, 0.3) is 0 Å². The fraction of sp³-hybridized carbons (Fsp3) is 0.0833. The Balaban J connectivity index is 2.40. The van der Waals surface area contributed by atoms with Crippen LogP contribution in [0.2, 0.25) is 0 Å². The molecule has 0 saturated carbocycles. The Morgan fingerprint density at radius 2 is 1.94 bits per heavy atom. The van der Waals surface area contributed by atoms with Crippen LogP contribution in [-0.4, -0.2) is 5.78 Å². The maximum Gasteiger partial charge on any atom is 0.416 e. The van der Waals surface area contributed by atoms with Gasteiger partial charge in [-0.05, 0) is 30.3 Å². The Morgan fingerprint density at radius 3 is 2.44 bits per heavy atom. The van der Waals surface area contributed by atoms with Crippen LogP contribution in [0.3, 0.4) is 0 Å². The lowest BCUT2D eigenvalue weighted by atomic mass is 10.0. The molecule has 1 aromatic heterocycles. The predicted molar refractivity (Wildman–Crippen MR) is 58.0 cm³/mol. The SMILES string of the molecule is Nc1cc(C(F)(F)F)ccc1C(=O)c1ccco1. The number of carbonyl (C=O) groups excluding carboxylic acids is 1. The Hall–Kier alpha value is -2.24. The van der Waals surface area contributed by atoms with E-state index in [1.165, 1.54) is 18.4 Å². The summed E-state index contributed by atoms with van der Waals surface area (Å²) in [5.74, 6) is -0.521. The zero-order chi connectivity index (χ0) is 13.3. The summed E-state index contributed by atoms with van der Waals surface area (Å²) in [6, 6.07) is 5.51. The third-order valence-corrected chi connectivity index (χ3v) is 2.37. The number of halogens is 3. The predicted octanol–water partition coefficient (Wildman–Crippen LogP) is 3.11. The first-order valence-corrected chi connectivity index (χ1v) is 4.94. The van der Waals surface area contributed by atoms with Gasteiger partial charge in [0.15, 0.2) is 5.76 Å². The molecule has 0 saturated heterocycles. The molecule has 1 heterocycles. The fourth-order valence-corrected chi connectivity index (χ4v) is 1.49. The lowest BCUT2D eigenvalue weighted by molar-refractivity contribution is -0.137. The lowest BCUT2D eigenvalue weighted by Gasteiger charge is -2.09. The van der Waals surface area contributed by atoms with Gasteiger partial charge in [-0.3, -0.25) is 4.79 Å². The van der Waals surface area contributed by atoms with E-state index in [4.69, 9.17) is 10.2 Å². The first kappa shape index (κ1) is 12.2. The van der Waals surface area contributed by atoms with Crippen LogP contribution in [0.5, 0.6) is 0 Å². The number of anilines is 1. The number of furan rings is 1. The maximum absolute atomic E-state index is 12.4. The minimum atomic E-state index is -4.49. The third-order valence-electron chi connectivity index (χ3n) is 2.37. The molecular weight excluding hydrogens is 247 g/mol. The second kappa shape index (κ2) is 4.21. The van der Waals surface area contributed by atoms with Crippen LogP contribution in [0, 0.1) is 0 Å². The van der Waals surface area contributed by atoms with E-state index in [9.17, 15) is 18.0 Å². The van der Waals surface area contributed by atoms with E-state index < -0.39 is 17.5 Å². The Morgan fingerprint density at radius 1 is 1.22 bits per heavy atom. The topological polar surface area (TPSA) is 56.2 Å². The zero-order valence-electron chi connectivity index (χ0n) is 8.99. The number of carbonyl (C=O) groups is 1. The summed E-state index contributed by atoms with van der Waals surface area (Å²) in [5.41, 5.74) is 4.32. The highest BCUT2D eigenvalue weighted by Crippen LogP contribution is 2.31. The second-order valence-electron chi connectivity index (χ2n) is 3.61. The first-order valence-electron chi connectivity index (χ1n) is 4.94. The first-order chi connectivity index (χ1) is 8.39. The molecule has 3 nitrogen and oxygen atoms in total. The average molecular weight is 255 g/mol. The Kier molecular flexibility index (Phi) is 2.86. The van der Waals surface area contributed by atoms with Crippen molar-refractivity contribution in [1.29, 1.82) is 0 Å². The molecule has 0 unspecified atom stereocenters. The minimum Gasteiger partial charge on any atom is -0.461 e. The highest BCUT2D eigenvalue weighted by Gasteiger charge is 2.31. The normalized spacial score (nSPS) is 11.5. The van der Waals surface area contributed by atoms with E-state index in [1.807, 2.05) is 0 Å². The molecule has 0 aliphatic rings. The molecule has 0 fully saturated rings. The zero-order valence-corrected chi connectivity index (χ0v) is 8.99. The van der Waals surface area contributed by atoms with Crippen LogP contribution in [0.1, 0.15) is 21.7 Å². The molecule has 94 valence electrons. The van der Waals surface area contributed by atoms with Crippen molar-refractivity contribution in [2.45, 2.75) is 6.18 Å². The van der Waals surface area contributed by atoms with Gasteiger partial charge in [0.05, 0.1) is 11.8 Å². The van der Waals surface area contributed by atoms with E-state index >= 15 is 0 Å². The monoisotopic (exact) mass is 255 g/mol. The summed E-state index contributed by atoms with van der Waals surface area (Å²) in [6.45, 7) is 0. The van der Waals surface area contributed by atoms with Gasteiger partial charge >= 0.3 is 6.18 Å². The molecule has 2 rings (SSSR count). The standard InChI is InChI=1S/C12H8F3NO2/c13-12(14,15)7-3-4-8(9(16)6-7)11(17)10-2-1-5-18-10/h1-6H,16H2. The number of alkyl halides is 3. The largest absolute Gasteiger partial charge is 0.461 e. The van der Waals surface area contributed by atoms with E-state index in [1.54, 1.807) is 0 Å². The Bertz CT molecular complexity index is 574. The minimum absolute atomic E-state index is 0.0158. The highest BCUT2D eigenvalue weighted by atomic mass is 19.4. The molecule has 1 aromatic carbocycles. The third kappa shape index (κ3) is 2.22. The lowest BCUT2D eigenvalue weighted by Crippen LogP contribution is -2.09. The summed E-state index contributed by atoms with van der Waals surface area (Å²) < 4.78 is 42.1. The summed E-state index contributed by atoms with van der Waals surface area (Å²) in [5, 5.41) is 0. The average Bonchev–Trinajstić information content (AvgIpc) is 2.80. The van der Waals surface area contributed by atoms with Crippen LogP contribution in [0.25, 0.3) is 0 Å². The molecule has 2 aromatic rings. The van der Waals surface area contributed by atoms with Crippen molar-refractivity contribution in [3.05, 3.63) is 53.5 Å². The molecule has 0 spiro atoms. The van der Waals surface area contributed by atoms with Crippen molar-refractivity contribution >= 4 is 11.5 Å². The van der Waals surface area contributed by atoms with Gasteiger partial charge in [0.2, 0.25) is 5.78 Å². The molecule has 0 aliphatic heterocycles. The molecule has 0 amide bonds. The summed E-state index contributed by atoms with van der Waals surface area (Å²) in [7, 11) is 0. The smallest absolute Gasteiger partial charge is 0.416 e. The molecule has 2 N–H and O–H groups in total. The highest BCUT2D eigenvalue weighted by molar-refractivity contribution is 6.10. The van der Waals surface area contributed by atoms with Crippen LogP contribution in [-0.2, 0) is 6.18 Å².